The van der Waals surface area contributed by atoms with Gasteiger partial charge in [0.2, 0.25) is 5.91 Å². The Hall–Kier alpha value is -3.05. The van der Waals surface area contributed by atoms with Crippen molar-refractivity contribution in [3.05, 3.63) is 29.5 Å². The van der Waals surface area contributed by atoms with Gasteiger partial charge in [-0.2, -0.15) is 5.10 Å². The van der Waals surface area contributed by atoms with Gasteiger partial charge in [0.25, 0.3) is 5.91 Å². The average molecular weight is 500 g/mol. The SMILES string of the molecule is COCC(=O)NC1CCN(C(=O)c2cc(NC(C)C(C)(C)C)nc(-c3cnn4ccsc34)n2)CC1. The smallest absolute Gasteiger partial charge is 0.272 e. The van der Waals surface area contributed by atoms with Crippen LogP contribution in [0.15, 0.2) is 23.8 Å². The fraction of sp³-hybridized carbons (Fsp3) is 0.542. The third-order valence-corrected chi connectivity index (χ3v) is 7.29. The Balaban J connectivity index is 1.58. The van der Waals surface area contributed by atoms with Crippen molar-refractivity contribution in [2.24, 2.45) is 5.41 Å². The topological polar surface area (TPSA) is 114 Å². The van der Waals surface area contributed by atoms with Gasteiger partial charge in [-0.05, 0) is 25.2 Å². The van der Waals surface area contributed by atoms with Crippen molar-refractivity contribution in [3.63, 3.8) is 0 Å². The van der Waals surface area contributed by atoms with Crippen LogP contribution in [0, 0.1) is 5.41 Å². The molecule has 4 rings (SSSR count). The maximum absolute atomic E-state index is 13.5. The van der Waals surface area contributed by atoms with Crippen molar-refractivity contribution >= 4 is 33.8 Å². The van der Waals surface area contributed by atoms with Crippen LogP contribution in [0.5, 0.6) is 0 Å². The molecule has 188 valence electrons. The van der Waals surface area contributed by atoms with E-state index in [0.717, 1.165) is 10.4 Å². The van der Waals surface area contributed by atoms with Gasteiger partial charge in [-0.15, -0.1) is 11.3 Å². The molecule has 0 spiro atoms. The summed E-state index contributed by atoms with van der Waals surface area (Å²) in [5, 5.41) is 12.8. The first-order valence-electron chi connectivity index (χ1n) is 11.8. The quantitative estimate of drug-likeness (QED) is 0.514. The van der Waals surface area contributed by atoms with Gasteiger partial charge in [-0.3, -0.25) is 9.59 Å². The fourth-order valence-electron chi connectivity index (χ4n) is 3.86. The number of carbonyl (C=O) groups is 2. The molecule has 0 aromatic carbocycles. The van der Waals surface area contributed by atoms with Crippen LogP contribution in [-0.4, -0.2) is 75.2 Å². The Morgan fingerprint density at radius 2 is 2.00 bits per heavy atom. The predicted octanol–water partition coefficient (Wildman–Crippen LogP) is 3.07. The summed E-state index contributed by atoms with van der Waals surface area (Å²) in [6.07, 6.45) is 4.99. The Kier molecular flexibility index (Phi) is 7.36. The molecule has 1 aliphatic heterocycles. The summed E-state index contributed by atoms with van der Waals surface area (Å²) >= 11 is 1.55. The summed E-state index contributed by atoms with van der Waals surface area (Å²) in [5.74, 6) is 0.802. The van der Waals surface area contributed by atoms with Gasteiger partial charge in [0.05, 0.1) is 11.8 Å². The Morgan fingerprint density at radius 1 is 1.26 bits per heavy atom. The molecule has 10 nitrogen and oxygen atoms in total. The second-order valence-corrected chi connectivity index (χ2v) is 10.9. The minimum atomic E-state index is -0.142. The maximum atomic E-state index is 13.5. The van der Waals surface area contributed by atoms with Gasteiger partial charge in [-0.25, -0.2) is 14.5 Å². The molecule has 0 bridgehead atoms. The molecule has 0 aliphatic carbocycles. The van der Waals surface area contributed by atoms with Crippen molar-refractivity contribution in [3.8, 4) is 11.4 Å². The van der Waals surface area contributed by atoms with Gasteiger partial charge in [-0.1, -0.05) is 20.8 Å². The zero-order chi connectivity index (χ0) is 25.2. The van der Waals surface area contributed by atoms with Crippen molar-refractivity contribution < 1.29 is 14.3 Å². The average Bonchev–Trinajstić information content (AvgIpc) is 3.42. The van der Waals surface area contributed by atoms with E-state index in [9.17, 15) is 9.59 Å². The van der Waals surface area contributed by atoms with Crippen LogP contribution in [0.3, 0.4) is 0 Å². The Bertz CT molecular complexity index is 1190. The van der Waals surface area contributed by atoms with E-state index < -0.39 is 0 Å². The molecule has 4 heterocycles. The molecule has 3 aromatic heterocycles. The molecule has 11 heteroatoms. The van der Waals surface area contributed by atoms with E-state index in [0.29, 0.717) is 43.3 Å². The number of nitrogens with zero attached hydrogens (tertiary/aromatic N) is 5. The van der Waals surface area contributed by atoms with E-state index >= 15 is 0 Å². The summed E-state index contributed by atoms with van der Waals surface area (Å²) in [4.78, 5) is 37.4. The molecule has 3 aromatic rings. The lowest BCUT2D eigenvalue weighted by Crippen LogP contribution is -2.47. The lowest BCUT2D eigenvalue weighted by molar-refractivity contribution is -0.125. The van der Waals surface area contributed by atoms with E-state index in [1.165, 1.54) is 7.11 Å². The highest BCUT2D eigenvalue weighted by molar-refractivity contribution is 7.16. The number of carbonyl (C=O) groups excluding carboxylic acids is 2. The number of likely N-dealkylation sites (tertiary alicyclic amines) is 1. The van der Waals surface area contributed by atoms with Crippen LogP contribution in [-0.2, 0) is 9.53 Å². The molecule has 0 radical (unpaired) electrons. The van der Waals surface area contributed by atoms with Crippen LogP contribution in [0.4, 0.5) is 5.82 Å². The minimum absolute atomic E-state index is 0.00313. The van der Waals surface area contributed by atoms with Gasteiger partial charge in [0, 0.05) is 49.9 Å². The summed E-state index contributed by atoms with van der Waals surface area (Å²) in [7, 11) is 1.50. The van der Waals surface area contributed by atoms with E-state index in [2.05, 4.69) is 48.4 Å². The summed E-state index contributed by atoms with van der Waals surface area (Å²) < 4.78 is 6.67. The Labute approximate surface area is 209 Å². The summed E-state index contributed by atoms with van der Waals surface area (Å²) in [6, 6.07) is 1.89. The molecular weight excluding hydrogens is 466 g/mol. The van der Waals surface area contributed by atoms with Gasteiger partial charge in [0.15, 0.2) is 5.82 Å². The predicted molar refractivity (Wildman–Crippen MR) is 136 cm³/mol. The summed E-state index contributed by atoms with van der Waals surface area (Å²) in [5.41, 5.74) is 1.14. The number of nitrogens with one attached hydrogen (secondary N) is 2. The lowest BCUT2D eigenvalue weighted by atomic mass is 9.88. The fourth-order valence-corrected chi connectivity index (χ4v) is 4.65. The normalized spacial score (nSPS) is 15.9. The van der Waals surface area contributed by atoms with Crippen molar-refractivity contribution in [1.29, 1.82) is 0 Å². The molecule has 2 N–H and O–H groups in total. The molecule has 1 atom stereocenters. The van der Waals surface area contributed by atoms with E-state index in [4.69, 9.17) is 9.72 Å². The highest BCUT2D eigenvalue weighted by Gasteiger charge is 2.27. The monoisotopic (exact) mass is 499 g/mol. The van der Waals surface area contributed by atoms with Gasteiger partial charge in [0.1, 0.15) is 22.9 Å². The first-order valence-corrected chi connectivity index (χ1v) is 12.7. The first kappa shape index (κ1) is 25.1. The third-order valence-electron chi connectivity index (χ3n) is 6.40. The lowest BCUT2D eigenvalue weighted by Gasteiger charge is -2.32. The number of piperidine rings is 1. The largest absolute Gasteiger partial charge is 0.375 e. The number of aromatic nitrogens is 4. The van der Waals surface area contributed by atoms with Crippen molar-refractivity contribution in [2.45, 2.75) is 52.6 Å². The second-order valence-electron chi connectivity index (χ2n) is 9.97. The standard InChI is InChI=1S/C24H33N7O3S/c1-15(24(2,3)4)26-19-12-18(28-21(29-19)17-13-25-31-10-11-35-23(17)31)22(33)30-8-6-16(7-9-30)27-20(32)14-34-5/h10-13,15-16H,6-9,14H2,1-5H3,(H,27,32)(H,26,28,29). The van der Waals surface area contributed by atoms with Crippen molar-refractivity contribution in [1.82, 2.24) is 29.8 Å². The number of hydrogen-bond acceptors (Lipinski definition) is 8. The van der Waals surface area contributed by atoms with Crippen molar-refractivity contribution in [2.75, 3.05) is 32.1 Å². The van der Waals surface area contributed by atoms with E-state index in [1.54, 1.807) is 33.0 Å². The summed E-state index contributed by atoms with van der Waals surface area (Å²) in [6.45, 7) is 9.69. The van der Waals surface area contributed by atoms with Gasteiger partial charge < -0.3 is 20.3 Å². The molecule has 35 heavy (non-hydrogen) atoms. The number of thiazole rings is 1. The van der Waals surface area contributed by atoms with Crippen LogP contribution in [0.25, 0.3) is 16.2 Å². The number of amides is 2. The van der Waals surface area contributed by atoms with Crippen LogP contribution >= 0.6 is 11.3 Å². The molecule has 0 saturated carbocycles. The number of ether oxygens (including phenoxy) is 1. The van der Waals surface area contributed by atoms with Crippen LogP contribution in [0.1, 0.15) is 51.0 Å². The second kappa shape index (κ2) is 10.3. The zero-order valence-electron chi connectivity index (χ0n) is 20.9. The zero-order valence-corrected chi connectivity index (χ0v) is 21.7. The molecule has 1 fully saturated rings. The highest BCUT2D eigenvalue weighted by Crippen LogP contribution is 2.28. The molecule has 1 unspecified atom stereocenters. The maximum Gasteiger partial charge on any atom is 0.272 e. The number of methoxy groups -OCH3 is 1. The Morgan fingerprint density at radius 3 is 2.69 bits per heavy atom. The number of hydrogen-bond donors (Lipinski definition) is 2. The van der Waals surface area contributed by atoms with E-state index in [1.807, 2.05) is 11.6 Å². The number of rotatable bonds is 7. The highest BCUT2D eigenvalue weighted by atomic mass is 32.1. The molecule has 2 amide bonds. The number of fused-ring (bicyclic) bond motifs is 1. The molecular formula is C24H33N7O3S. The van der Waals surface area contributed by atoms with Gasteiger partial charge >= 0.3 is 0 Å². The third kappa shape index (κ3) is 5.79. The molecule has 1 aliphatic rings. The van der Waals surface area contributed by atoms with Crippen LogP contribution in [0.2, 0.25) is 0 Å². The molecule has 1 saturated heterocycles. The van der Waals surface area contributed by atoms with E-state index in [-0.39, 0.29) is 35.9 Å². The number of anilines is 1. The first-order chi connectivity index (χ1) is 16.7. The van der Waals surface area contributed by atoms with Crippen LogP contribution < -0.4 is 10.6 Å². The minimum Gasteiger partial charge on any atom is -0.375 e.